The van der Waals surface area contributed by atoms with Gasteiger partial charge in [-0.3, -0.25) is 9.59 Å². The van der Waals surface area contributed by atoms with Crippen molar-refractivity contribution in [3.8, 4) is 5.75 Å². The first-order valence-electron chi connectivity index (χ1n) is 10.5. The quantitative estimate of drug-likeness (QED) is 0.790. The van der Waals surface area contributed by atoms with Crippen LogP contribution in [0.2, 0.25) is 0 Å². The van der Waals surface area contributed by atoms with Crippen molar-refractivity contribution in [2.45, 2.75) is 38.7 Å². The van der Waals surface area contributed by atoms with Gasteiger partial charge in [0.2, 0.25) is 5.91 Å². The Hall–Kier alpha value is -2.34. The average molecular weight is 399 g/mol. The van der Waals surface area contributed by atoms with Gasteiger partial charge in [0, 0.05) is 38.8 Å². The van der Waals surface area contributed by atoms with Crippen LogP contribution in [0.5, 0.6) is 5.75 Å². The zero-order valence-corrected chi connectivity index (χ0v) is 17.1. The number of nitrogens with zero attached hydrogens (tertiary/aromatic N) is 1. The maximum absolute atomic E-state index is 13.3. The molecule has 3 aliphatic rings. The van der Waals surface area contributed by atoms with E-state index in [1.54, 1.807) is 0 Å². The number of likely N-dealkylation sites (tertiary alicyclic amines) is 1. The molecule has 2 atom stereocenters. The molecule has 0 bridgehead atoms. The predicted octanol–water partition coefficient (Wildman–Crippen LogP) is 2.25. The fourth-order valence-corrected chi connectivity index (χ4v) is 5.02. The summed E-state index contributed by atoms with van der Waals surface area (Å²) >= 11 is 0. The van der Waals surface area contributed by atoms with E-state index in [9.17, 15) is 9.59 Å². The largest absolute Gasteiger partial charge is 0.480 e. The van der Waals surface area contributed by atoms with E-state index < -0.39 is 6.10 Å². The molecule has 2 unspecified atom stereocenters. The fourth-order valence-electron chi connectivity index (χ4n) is 5.02. The van der Waals surface area contributed by atoms with Crippen LogP contribution in [-0.4, -0.2) is 55.7 Å². The van der Waals surface area contributed by atoms with Gasteiger partial charge in [-0.15, -0.1) is 0 Å². The van der Waals surface area contributed by atoms with Crippen LogP contribution in [0.1, 0.15) is 30.4 Å². The smallest absolute Gasteiger partial charge is 0.263 e. The van der Waals surface area contributed by atoms with Crippen LogP contribution >= 0.6 is 0 Å². The molecule has 1 N–H and O–H groups in total. The summed E-state index contributed by atoms with van der Waals surface area (Å²) in [6, 6.07) is 6.14. The molecule has 0 aliphatic carbocycles. The van der Waals surface area contributed by atoms with E-state index in [0.29, 0.717) is 39.3 Å². The standard InChI is InChI=1S/C23H30N2O4/c1-3-21(26)24-13-18-14-25(15-23(18)8-10-28-11-9-23)22(27)20-7-5-17-12-16(2)4-6-19(17)29-20/h3-4,6,12,18,20H,1,5,7-11,13-15H2,2H3,(H,24,26). The van der Waals surface area contributed by atoms with Gasteiger partial charge in [-0.25, -0.2) is 0 Å². The van der Waals surface area contributed by atoms with E-state index >= 15 is 0 Å². The third kappa shape index (κ3) is 4.04. The van der Waals surface area contributed by atoms with Crippen LogP contribution in [0.4, 0.5) is 0 Å². The van der Waals surface area contributed by atoms with Gasteiger partial charge >= 0.3 is 0 Å². The number of rotatable bonds is 4. The Morgan fingerprint density at radius 2 is 2.14 bits per heavy atom. The number of aryl methyl sites for hydroxylation is 2. The number of amides is 2. The lowest BCUT2D eigenvalue weighted by Crippen LogP contribution is -2.44. The van der Waals surface area contributed by atoms with E-state index in [4.69, 9.17) is 9.47 Å². The summed E-state index contributed by atoms with van der Waals surface area (Å²) in [5.74, 6) is 0.951. The summed E-state index contributed by atoms with van der Waals surface area (Å²) < 4.78 is 11.7. The van der Waals surface area contributed by atoms with E-state index in [1.165, 1.54) is 17.2 Å². The maximum atomic E-state index is 13.3. The number of ether oxygens (including phenoxy) is 2. The Kier molecular flexibility index (Phi) is 5.63. The van der Waals surface area contributed by atoms with E-state index in [2.05, 4.69) is 24.9 Å². The highest BCUT2D eigenvalue weighted by molar-refractivity contribution is 5.86. The molecule has 0 aromatic heterocycles. The van der Waals surface area contributed by atoms with Crippen LogP contribution in [0.15, 0.2) is 30.9 Å². The predicted molar refractivity (Wildman–Crippen MR) is 110 cm³/mol. The monoisotopic (exact) mass is 398 g/mol. The van der Waals surface area contributed by atoms with E-state index in [0.717, 1.165) is 25.0 Å². The van der Waals surface area contributed by atoms with Crippen molar-refractivity contribution < 1.29 is 19.1 Å². The van der Waals surface area contributed by atoms with Gasteiger partial charge in [-0.1, -0.05) is 24.3 Å². The first kappa shape index (κ1) is 20.0. The molecule has 6 heteroatoms. The second kappa shape index (κ2) is 8.19. The van der Waals surface area contributed by atoms with Crippen LogP contribution in [0.3, 0.4) is 0 Å². The molecule has 3 heterocycles. The highest BCUT2D eigenvalue weighted by Gasteiger charge is 2.49. The molecular weight excluding hydrogens is 368 g/mol. The molecule has 3 aliphatic heterocycles. The molecule has 4 rings (SSSR count). The van der Waals surface area contributed by atoms with Crippen LogP contribution in [0.25, 0.3) is 0 Å². The first-order valence-corrected chi connectivity index (χ1v) is 10.5. The minimum Gasteiger partial charge on any atom is -0.480 e. The maximum Gasteiger partial charge on any atom is 0.263 e. The molecule has 6 nitrogen and oxygen atoms in total. The lowest BCUT2D eigenvalue weighted by Gasteiger charge is -2.38. The highest BCUT2D eigenvalue weighted by Crippen LogP contribution is 2.44. The molecule has 1 spiro atoms. The second-order valence-corrected chi connectivity index (χ2v) is 8.60. The summed E-state index contributed by atoms with van der Waals surface area (Å²) in [4.78, 5) is 27.0. The van der Waals surface area contributed by atoms with Gasteiger partial charge in [-0.05, 0) is 55.7 Å². The molecule has 1 aromatic carbocycles. The molecule has 1 aromatic rings. The molecule has 0 radical (unpaired) electrons. The van der Waals surface area contributed by atoms with Crippen molar-refractivity contribution in [2.24, 2.45) is 11.3 Å². The van der Waals surface area contributed by atoms with Gasteiger partial charge in [0.15, 0.2) is 6.10 Å². The SMILES string of the molecule is C=CC(=O)NCC1CN(C(=O)C2CCc3cc(C)ccc3O2)CC12CCOCC2. The van der Waals surface area contributed by atoms with Crippen LogP contribution in [0, 0.1) is 18.3 Å². The number of carbonyl (C=O) groups excluding carboxylic acids is 2. The molecule has 2 fully saturated rings. The number of hydrogen-bond acceptors (Lipinski definition) is 4. The molecule has 0 saturated carbocycles. The fraction of sp³-hybridized carbons (Fsp3) is 0.565. The van der Waals surface area contributed by atoms with Crippen LogP contribution < -0.4 is 10.1 Å². The van der Waals surface area contributed by atoms with Gasteiger partial charge in [0.25, 0.3) is 5.91 Å². The lowest BCUT2D eigenvalue weighted by molar-refractivity contribution is -0.139. The van der Waals surface area contributed by atoms with Crippen molar-refractivity contribution in [3.63, 3.8) is 0 Å². The zero-order chi connectivity index (χ0) is 20.4. The summed E-state index contributed by atoms with van der Waals surface area (Å²) in [7, 11) is 0. The summed E-state index contributed by atoms with van der Waals surface area (Å²) in [5.41, 5.74) is 2.40. The molecule has 2 saturated heterocycles. The van der Waals surface area contributed by atoms with Gasteiger partial charge in [0.1, 0.15) is 5.75 Å². The second-order valence-electron chi connectivity index (χ2n) is 8.60. The van der Waals surface area contributed by atoms with Crippen molar-refractivity contribution in [2.75, 3.05) is 32.8 Å². The molecule has 156 valence electrons. The summed E-state index contributed by atoms with van der Waals surface area (Å²) in [6.07, 6.45) is 4.27. The Morgan fingerprint density at radius 3 is 2.90 bits per heavy atom. The molecular formula is C23H30N2O4. The third-order valence-corrected chi connectivity index (χ3v) is 6.76. The molecule has 29 heavy (non-hydrogen) atoms. The zero-order valence-electron chi connectivity index (χ0n) is 17.1. The van der Waals surface area contributed by atoms with E-state index in [1.807, 2.05) is 17.0 Å². The van der Waals surface area contributed by atoms with Gasteiger partial charge in [-0.2, -0.15) is 0 Å². The Morgan fingerprint density at radius 1 is 1.34 bits per heavy atom. The number of carbonyl (C=O) groups is 2. The topological polar surface area (TPSA) is 67.9 Å². The number of nitrogens with one attached hydrogen (secondary N) is 1. The van der Waals surface area contributed by atoms with E-state index in [-0.39, 0.29) is 23.1 Å². The Balaban J connectivity index is 1.46. The van der Waals surface area contributed by atoms with Crippen molar-refractivity contribution >= 4 is 11.8 Å². The van der Waals surface area contributed by atoms with Gasteiger partial charge < -0.3 is 19.7 Å². The normalized spacial score (nSPS) is 25.2. The minimum absolute atomic E-state index is 0.00600. The summed E-state index contributed by atoms with van der Waals surface area (Å²) in [6.45, 7) is 8.93. The Bertz CT molecular complexity index is 800. The number of fused-ring (bicyclic) bond motifs is 1. The Labute approximate surface area is 172 Å². The minimum atomic E-state index is -0.427. The average Bonchev–Trinajstić information content (AvgIpc) is 3.09. The third-order valence-electron chi connectivity index (χ3n) is 6.76. The highest BCUT2D eigenvalue weighted by atomic mass is 16.5. The summed E-state index contributed by atoms with van der Waals surface area (Å²) in [5, 5.41) is 2.94. The first-order chi connectivity index (χ1) is 14.0. The van der Waals surface area contributed by atoms with Crippen molar-refractivity contribution in [1.29, 1.82) is 0 Å². The molecule has 2 amide bonds. The van der Waals surface area contributed by atoms with Crippen molar-refractivity contribution in [3.05, 3.63) is 42.0 Å². The van der Waals surface area contributed by atoms with Crippen molar-refractivity contribution in [1.82, 2.24) is 10.2 Å². The number of benzene rings is 1. The lowest BCUT2D eigenvalue weighted by atomic mass is 9.72. The van der Waals surface area contributed by atoms with Gasteiger partial charge in [0.05, 0.1) is 0 Å². The van der Waals surface area contributed by atoms with Crippen LogP contribution in [-0.2, 0) is 20.7 Å². The number of hydrogen-bond donors (Lipinski definition) is 1.